The number of rotatable bonds is 4. The highest BCUT2D eigenvalue weighted by Crippen LogP contribution is 2.22. The first-order valence-electron chi connectivity index (χ1n) is 11.0. The molecule has 5 rings (SSSR count). The molecule has 1 aromatic carbocycles. The van der Waals surface area contributed by atoms with Crippen LogP contribution in [-0.2, 0) is 19.5 Å². The molecule has 0 bridgehead atoms. The van der Waals surface area contributed by atoms with Crippen LogP contribution in [0.3, 0.4) is 0 Å². The molecule has 0 spiro atoms. The summed E-state index contributed by atoms with van der Waals surface area (Å²) in [4.78, 5) is 22.0. The Kier molecular flexibility index (Phi) is 5.02. The summed E-state index contributed by atoms with van der Waals surface area (Å²) in [5.74, 6) is 2.25. The molecule has 0 unspecified atom stereocenters. The van der Waals surface area contributed by atoms with E-state index in [0.29, 0.717) is 5.39 Å². The van der Waals surface area contributed by atoms with Gasteiger partial charge >= 0.3 is 0 Å². The van der Waals surface area contributed by atoms with Crippen molar-refractivity contribution >= 4 is 16.6 Å². The molecule has 0 saturated carbocycles. The second-order valence-electron chi connectivity index (χ2n) is 8.66. The highest BCUT2D eigenvalue weighted by atomic mass is 16.1. The maximum Gasteiger partial charge on any atom is 0.261 e. The van der Waals surface area contributed by atoms with Crippen molar-refractivity contribution in [2.24, 2.45) is 0 Å². The number of hydrogen-bond acceptors (Lipinski definition) is 6. The van der Waals surface area contributed by atoms with Crippen molar-refractivity contribution < 1.29 is 0 Å². The molecule has 4 heterocycles. The Morgan fingerprint density at radius 3 is 2.67 bits per heavy atom. The lowest BCUT2D eigenvalue weighted by Gasteiger charge is -2.36. The van der Waals surface area contributed by atoms with Gasteiger partial charge in [0.1, 0.15) is 11.6 Å². The van der Waals surface area contributed by atoms with Crippen LogP contribution in [0.2, 0.25) is 0 Å². The number of benzene rings is 1. The number of anilines is 1. The van der Waals surface area contributed by atoms with Gasteiger partial charge in [0.15, 0.2) is 0 Å². The van der Waals surface area contributed by atoms with Crippen LogP contribution in [0.5, 0.6) is 0 Å². The van der Waals surface area contributed by atoms with Crippen molar-refractivity contribution in [1.82, 2.24) is 29.2 Å². The van der Waals surface area contributed by atoms with E-state index in [1.165, 1.54) is 12.8 Å². The van der Waals surface area contributed by atoms with Crippen LogP contribution in [-0.4, -0.2) is 55.4 Å². The van der Waals surface area contributed by atoms with Crippen molar-refractivity contribution in [1.29, 1.82) is 0 Å². The smallest absolute Gasteiger partial charge is 0.261 e. The summed E-state index contributed by atoms with van der Waals surface area (Å²) >= 11 is 0. The second-order valence-corrected chi connectivity index (χ2v) is 8.66. The summed E-state index contributed by atoms with van der Waals surface area (Å²) in [7, 11) is 0. The predicted molar refractivity (Wildman–Crippen MR) is 117 cm³/mol. The third-order valence-electron chi connectivity index (χ3n) is 6.36. The largest absolute Gasteiger partial charge is 0.369 e. The van der Waals surface area contributed by atoms with E-state index in [2.05, 4.69) is 35.6 Å². The lowest BCUT2D eigenvalue weighted by molar-refractivity contribution is 0.239. The van der Waals surface area contributed by atoms with Crippen molar-refractivity contribution in [2.45, 2.75) is 52.2 Å². The minimum absolute atomic E-state index is 0.0306. The predicted octanol–water partition coefficient (Wildman–Crippen LogP) is 2.23. The van der Waals surface area contributed by atoms with Gasteiger partial charge in [-0.2, -0.15) is 0 Å². The third kappa shape index (κ3) is 3.49. The minimum atomic E-state index is 0.0306. The quantitative estimate of drug-likeness (QED) is 0.660. The van der Waals surface area contributed by atoms with Crippen LogP contribution in [0, 0.1) is 0 Å². The first-order chi connectivity index (χ1) is 14.6. The molecule has 0 radical (unpaired) electrons. The summed E-state index contributed by atoms with van der Waals surface area (Å²) in [6, 6.07) is 6.14. The number of piperazine rings is 1. The standard InChI is InChI=1S/C22H29N7O/c1-16(2)29-15-23-19-13-17(6-7-18(19)22(29)30)27-11-9-26(10-12-27)14-21-25-24-20-5-3-4-8-28(20)21/h6-7,13,15-16H,3-5,8-12,14H2,1-2H3. The van der Waals surface area contributed by atoms with Gasteiger partial charge in [0.2, 0.25) is 0 Å². The number of nitrogens with zero attached hydrogens (tertiary/aromatic N) is 7. The highest BCUT2D eigenvalue weighted by molar-refractivity contribution is 5.81. The molecule has 2 aliphatic rings. The van der Waals surface area contributed by atoms with Gasteiger partial charge in [-0.1, -0.05) is 0 Å². The summed E-state index contributed by atoms with van der Waals surface area (Å²) in [5.41, 5.74) is 1.94. The number of fused-ring (bicyclic) bond motifs is 2. The summed E-state index contributed by atoms with van der Waals surface area (Å²) < 4.78 is 4.00. The lowest BCUT2D eigenvalue weighted by atomic mass is 10.1. The van der Waals surface area contributed by atoms with Crippen molar-refractivity contribution in [3.05, 3.63) is 46.5 Å². The van der Waals surface area contributed by atoms with Crippen LogP contribution in [0.25, 0.3) is 10.9 Å². The van der Waals surface area contributed by atoms with Gasteiger partial charge in [0, 0.05) is 50.9 Å². The number of aromatic nitrogens is 5. The molecule has 8 heteroatoms. The molecular formula is C22H29N7O. The minimum Gasteiger partial charge on any atom is -0.369 e. The number of aryl methyl sites for hydroxylation is 1. The summed E-state index contributed by atoms with van der Waals surface area (Å²) in [6.45, 7) is 9.81. The monoisotopic (exact) mass is 407 g/mol. The topological polar surface area (TPSA) is 72.1 Å². The average molecular weight is 408 g/mol. The maximum atomic E-state index is 12.6. The van der Waals surface area contributed by atoms with E-state index in [9.17, 15) is 4.79 Å². The third-order valence-corrected chi connectivity index (χ3v) is 6.36. The van der Waals surface area contributed by atoms with Gasteiger partial charge in [-0.25, -0.2) is 4.98 Å². The Morgan fingerprint density at radius 1 is 1.03 bits per heavy atom. The van der Waals surface area contributed by atoms with Gasteiger partial charge in [0.25, 0.3) is 5.56 Å². The zero-order chi connectivity index (χ0) is 20.7. The molecule has 30 heavy (non-hydrogen) atoms. The first kappa shape index (κ1) is 19.2. The Hall–Kier alpha value is -2.74. The van der Waals surface area contributed by atoms with E-state index in [-0.39, 0.29) is 11.6 Å². The molecular weight excluding hydrogens is 378 g/mol. The Morgan fingerprint density at radius 2 is 1.87 bits per heavy atom. The molecule has 1 saturated heterocycles. The van der Waals surface area contributed by atoms with Crippen LogP contribution in [0.15, 0.2) is 29.3 Å². The van der Waals surface area contributed by atoms with E-state index in [1.807, 2.05) is 26.0 Å². The molecule has 158 valence electrons. The molecule has 0 aliphatic carbocycles. The zero-order valence-electron chi connectivity index (χ0n) is 17.8. The highest BCUT2D eigenvalue weighted by Gasteiger charge is 2.22. The van der Waals surface area contributed by atoms with E-state index in [4.69, 9.17) is 0 Å². The fourth-order valence-corrected chi connectivity index (χ4v) is 4.54. The molecule has 2 aromatic heterocycles. The zero-order valence-corrected chi connectivity index (χ0v) is 17.8. The fraction of sp³-hybridized carbons (Fsp3) is 0.545. The van der Waals surface area contributed by atoms with Gasteiger partial charge in [-0.05, 0) is 44.9 Å². The summed E-state index contributed by atoms with van der Waals surface area (Å²) in [6.07, 6.45) is 5.17. The fourth-order valence-electron chi connectivity index (χ4n) is 4.54. The van der Waals surface area contributed by atoms with E-state index >= 15 is 0 Å². The van der Waals surface area contributed by atoms with Crippen molar-refractivity contribution in [3.8, 4) is 0 Å². The molecule has 0 N–H and O–H groups in total. The Labute approximate surface area is 176 Å². The molecule has 8 nitrogen and oxygen atoms in total. The molecule has 1 fully saturated rings. The van der Waals surface area contributed by atoms with Gasteiger partial charge in [-0.3, -0.25) is 14.3 Å². The van der Waals surface area contributed by atoms with Crippen LogP contribution in [0.4, 0.5) is 5.69 Å². The van der Waals surface area contributed by atoms with Gasteiger partial charge in [0.05, 0.1) is 23.8 Å². The second kappa shape index (κ2) is 7.83. The van der Waals surface area contributed by atoms with E-state index in [0.717, 1.165) is 68.5 Å². The average Bonchev–Trinajstić information content (AvgIpc) is 3.17. The normalized spacial score (nSPS) is 17.6. The number of hydrogen-bond donors (Lipinski definition) is 0. The molecule has 0 amide bonds. The van der Waals surface area contributed by atoms with Gasteiger partial charge < -0.3 is 9.47 Å². The SMILES string of the molecule is CC(C)n1cnc2cc(N3CCN(Cc4nnc5n4CCCC5)CC3)ccc2c1=O. The first-order valence-corrected chi connectivity index (χ1v) is 11.0. The molecule has 0 atom stereocenters. The van der Waals surface area contributed by atoms with Crippen molar-refractivity contribution in [2.75, 3.05) is 31.1 Å². The van der Waals surface area contributed by atoms with Crippen LogP contribution < -0.4 is 10.5 Å². The Bertz CT molecular complexity index is 1110. The van der Waals surface area contributed by atoms with E-state index < -0.39 is 0 Å². The Balaban J connectivity index is 1.27. The molecule has 2 aliphatic heterocycles. The van der Waals surface area contributed by atoms with Crippen LogP contribution in [0.1, 0.15) is 44.4 Å². The molecule has 3 aromatic rings. The van der Waals surface area contributed by atoms with Crippen LogP contribution >= 0.6 is 0 Å². The lowest BCUT2D eigenvalue weighted by Crippen LogP contribution is -2.46. The van der Waals surface area contributed by atoms with Gasteiger partial charge in [-0.15, -0.1) is 10.2 Å². The van der Waals surface area contributed by atoms with E-state index in [1.54, 1.807) is 10.9 Å². The summed E-state index contributed by atoms with van der Waals surface area (Å²) in [5, 5.41) is 9.51. The van der Waals surface area contributed by atoms with Crippen molar-refractivity contribution in [3.63, 3.8) is 0 Å². The maximum absolute atomic E-state index is 12.6.